The molecule has 2 aromatic rings. The summed E-state index contributed by atoms with van der Waals surface area (Å²) in [6, 6.07) is 9.68. The van der Waals surface area contributed by atoms with Crippen LogP contribution < -0.4 is 4.74 Å². The Morgan fingerprint density at radius 1 is 1.33 bits per heavy atom. The SMILES string of the molecule is O=C(O)N1CCc2ccc(OCc3ccc(Cl)s3)cc2C1. The van der Waals surface area contributed by atoms with Crippen molar-refractivity contribution in [3.8, 4) is 5.75 Å². The molecular weight excluding hydrogens is 310 g/mol. The summed E-state index contributed by atoms with van der Waals surface area (Å²) in [4.78, 5) is 13.5. The van der Waals surface area contributed by atoms with E-state index in [9.17, 15) is 4.79 Å². The van der Waals surface area contributed by atoms with Gasteiger partial charge in [0, 0.05) is 18.0 Å². The molecule has 2 heterocycles. The fourth-order valence-electron chi connectivity index (χ4n) is 2.37. The Kier molecular flexibility index (Phi) is 4.03. The Labute approximate surface area is 131 Å². The van der Waals surface area contributed by atoms with E-state index in [1.165, 1.54) is 21.8 Å². The Bertz CT molecular complexity index is 671. The molecule has 0 spiro atoms. The molecule has 1 aromatic heterocycles. The van der Waals surface area contributed by atoms with Crippen LogP contribution in [0, 0.1) is 0 Å². The van der Waals surface area contributed by atoms with Crippen molar-refractivity contribution in [2.45, 2.75) is 19.6 Å². The number of nitrogens with zero attached hydrogens (tertiary/aromatic N) is 1. The molecule has 0 saturated heterocycles. The van der Waals surface area contributed by atoms with E-state index in [0.717, 1.165) is 26.9 Å². The maximum atomic E-state index is 11.0. The topological polar surface area (TPSA) is 49.8 Å². The molecule has 21 heavy (non-hydrogen) atoms. The third-order valence-electron chi connectivity index (χ3n) is 3.47. The van der Waals surface area contributed by atoms with Crippen molar-refractivity contribution < 1.29 is 14.6 Å². The van der Waals surface area contributed by atoms with Crippen LogP contribution in [-0.2, 0) is 19.6 Å². The van der Waals surface area contributed by atoms with E-state index in [4.69, 9.17) is 21.4 Å². The van der Waals surface area contributed by atoms with Crippen LogP contribution in [0.3, 0.4) is 0 Å². The van der Waals surface area contributed by atoms with E-state index in [1.54, 1.807) is 0 Å². The fraction of sp³-hybridized carbons (Fsp3) is 0.267. The van der Waals surface area contributed by atoms with Crippen molar-refractivity contribution in [3.63, 3.8) is 0 Å². The van der Waals surface area contributed by atoms with Gasteiger partial charge in [-0.2, -0.15) is 0 Å². The van der Waals surface area contributed by atoms with Crippen LogP contribution in [-0.4, -0.2) is 22.6 Å². The van der Waals surface area contributed by atoms with Gasteiger partial charge in [0.1, 0.15) is 12.4 Å². The highest BCUT2D eigenvalue weighted by atomic mass is 35.5. The molecule has 0 saturated carbocycles. The Hall–Kier alpha value is -1.72. The number of carbonyl (C=O) groups is 1. The first kappa shape index (κ1) is 14.2. The molecule has 0 atom stereocenters. The van der Waals surface area contributed by atoms with Crippen LogP contribution in [0.15, 0.2) is 30.3 Å². The van der Waals surface area contributed by atoms with E-state index < -0.39 is 6.09 Å². The van der Waals surface area contributed by atoms with Crippen LogP contribution in [0.1, 0.15) is 16.0 Å². The van der Waals surface area contributed by atoms with Crippen LogP contribution in [0.4, 0.5) is 4.79 Å². The van der Waals surface area contributed by atoms with Crippen molar-refractivity contribution in [2.24, 2.45) is 0 Å². The van der Waals surface area contributed by atoms with Crippen molar-refractivity contribution in [1.29, 1.82) is 0 Å². The zero-order valence-corrected chi connectivity index (χ0v) is 12.8. The van der Waals surface area contributed by atoms with Crippen molar-refractivity contribution in [2.75, 3.05) is 6.54 Å². The van der Waals surface area contributed by atoms with E-state index in [-0.39, 0.29) is 0 Å². The summed E-state index contributed by atoms with van der Waals surface area (Å²) >= 11 is 7.38. The summed E-state index contributed by atoms with van der Waals surface area (Å²) in [5.74, 6) is 0.755. The molecule has 1 amide bonds. The summed E-state index contributed by atoms with van der Waals surface area (Å²) in [6.07, 6.45) is -0.122. The lowest BCUT2D eigenvalue weighted by Crippen LogP contribution is -2.34. The highest BCUT2D eigenvalue weighted by Crippen LogP contribution is 2.26. The Balaban J connectivity index is 1.70. The van der Waals surface area contributed by atoms with Gasteiger partial charge in [-0.05, 0) is 41.8 Å². The van der Waals surface area contributed by atoms with Gasteiger partial charge < -0.3 is 14.7 Å². The molecule has 3 rings (SSSR count). The third kappa shape index (κ3) is 3.31. The average Bonchev–Trinajstić information content (AvgIpc) is 2.90. The minimum atomic E-state index is -0.875. The highest BCUT2D eigenvalue weighted by Gasteiger charge is 2.20. The summed E-state index contributed by atoms with van der Waals surface area (Å²) in [7, 11) is 0. The Morgan fingerprint density at radius 2 is 2.19 bits per heavy atom. The molecule has 0 bridgehead atoms. The minimum Gasteiger partial charge on any atom is -0.488 e. The molecule has 1 N–H and O–H groups in total. The van der Waals surface area contributed by atoms with Gasteiger partial charge in [-0.1, -0.05) is 17.7 Å². The third-order valence-corrected chi connectivity index (χ3v) is 4.68. The number of rotatable bonds is 3. The summed E-state index contributed by atoms with van der Waals surface area (Å²) in [5.41, 5.74) is 2.21. The van der Waals surface area contributed by atoms with Crippen LogP contribution in [0.2, 0.25) is 4.34 Å². The van der Waals surface area contributed by atoms with Crippen molar-refractivity contribution in [1.82, 2.24) is 4.90 Å². The van der Waals surface area contributed by atoms with Crippen LogP contribution >= 0.6 is 22.9 Å². The van der Waals surface area contributed by atoms with Gasteiger partial charge >= 0.3 is 6.09 Å². The van der Waals surface area contributed by atoms with E-state index >= 15 is 0 Å². The molecule has 1 aliphatic rings. The largest absolute Gasteiger partial charge is 0.488 e. The molecule has 4 nitrogen and oxygen atoms in total. The normalized spacial score (nSPS) is 13.9. The van der Waals surface area contributed by atoms with Gasteiger partial charge in [0.2, 0.25) is 0 Å². The first-order chi connectivity index (χ1) is 10.1. The lowest BCUT2D eigenvalue weighted by Gasteiger charge is -2.26. The number of ether oxygens (including phenoxy) is 1. The predicted octanol–water partition coefficient (Wildman–Crippen LogP) is 4.02. The van der Waals surface area contributed by atoms with Crippen molar-refractivity contribution >= 4 is 29.0 Å². The quantitative estimate of drug-likeness (QED) is 0.928. The second-order valence-electron chi connectivity index (χ2n) is 4.88. The first-order valence-electron chi connectivity index (χ1n) is 6.58. The lowest BCUT2D eigenvalue weighted by atomic mass is 10.00. The monoisotopic (exact) mass is 323 g/mol. The second kappa shape index (κ2) is 5.95. The second-order valence-corrected chi connectivity index (χ2v) is 6.68. The maximum Gasteiger partial charge on any atom is 0.407 e. The maximum absolute atomic E-state index is 11.0. The van der Waals surface area contributed by atoms with Gasteiger partial charge in [-0.3, -0.25) is 0 Å². The smallest absolute Gasteiger partial charge is 0.407 e. The molecule has 1 aliphatic heterocycles. The van der Waals surface area contributed by atoms with Gasteiger partial charge in [0.05, 0.1) is 4.34 Å². The minimum absolute atomic E-state index is 0.423. The molecule has 6 heteroatoms. The molecule has 0 unspecified atom stereocenters. The first-order valence-corrected chi connectivity index (χ1v) is 7.78. The lowest BCUT2D eigenvalue weighted by molar-refractivity contribution is 0.140. The number of carboxylic acid groups (broad SMARTS) is 1. The van der Waals surface area contributed by atoms with E-state index in [2.05, 4.69) is 0 Å². The summed E-state index contributed by atoms with van der Waals surface area (Å²) in [6.45, 7) is 1.45. The number of benzene rings is 1. The van der Waals surface area contributed by atoms with Gasteiger partial charge in [-0.15, -0.1) is 11.3 Å². The molecule has 110 valence electrons. The van der Waals surface area contributed by atoms with E-state index in [1.807, 2.05) is 30.3 Å². The number of halogens is 1. The van der Waals surface area contributed by atoms with Crippen LogP contribution in [0.5, 0.6) is 5.75 Å². The van der Waals surface area contributed by atoms with Gasteiger partial charge in [0.25, 0.3) is 0 Å². The van der Waals surface area contributed by atoms with Gasteiger partial charge in [0.15, 0.2) is 0 Å². The van der Waals surface area contributed by atoms with Crippen LogP contribution in [0.25, 0.3) is 0 Å². The zero-order chi connectivity index (χ0) is 14.8. The van der Waals surface area contributed by atoms with Crippen molar-refractivity contribution in [3.05, 3.63) is 50.7 Å². The van der Waals surface area contributed by atoms with E-state index in [0.29, 0.717) is 19.7 Å². The summed E-state index contributed by atoms with van der Waals surface area (Å²) in [5, 5.41) is 9.07. The predicted molar refractivity (Wildman–Crippen MR) is 82.2 cm³/mol. The number of amides is 1. The average molecular weight is 324 g/mol. The highest BCUT2D eigenvalue weighted by molar-refractivity contribution is 7.16. The van der Waals surface area contributed by atoms with Gasteiger partial charge in [-0.25, -0.2) is 4.79 Å². The fourth-order valence-corrected chi connectivity index (χ4v) is 3.37. The standard InChI is InChI=1S/C15H14ClNO3S/c16-14-4-3-13(21-14)9-20-12-2-1-10-5-6-17(15(18)19)8-11(10)7-12/h1-4,7H,5-6,8-9H2,(H,18,19). The Morgan fingerprint density at radius 3 is 2.90 bits per heavy atom. The molecular formula is C15H14ClNO3S. The molecule has 0 aliphatic carbocycles. The molecule has 1 aromatic carbocycles. The number of thiophene rings is 1. The number of hydrogen-bond acceptors (Lipinski definition) is 3. The molecule has 0 radical (unpaired) electrons. The summed E-state index contributed by atoms with van der Waals surface area (Å²) < 4.78 is 6.50. The number of fused-ring (bicyclic) bond motifs is 1. The zero-order valence-electron chi connectivity index (χ0n) is 11.2. The number of hydrogen-bond donors (Lipinski definition) is 1. The molecule has 0 fully saturated rings.